The summed E-state index contributed by atoms with van der Waals surface area (Å²) >= 11 is 0. The van der Waals surface area contributed by atoms with Crippen LogP contribution in [0, 0.1) is 6.92 Å². The molecule has 0 aliphatic heterocycles. The van der Waals surface area contributed by atoms with Crippen molar-refractivity contribution in [3.05, 3.63) is 87.6 Å². The van der Waals surface area contributed by atoms with E-state index in [1.165, 1.54) is 8.87 Å². The number of alkyl carbamates (subject to hydrolysis) is 1. The third kappa shape index (κ3) is 8.03. The predicted molar refractivity (Wildman–Crippen MR) is 177 cm³/mol. The Morgan fingerprint density at radius 3 is 2.28 bits per heavy atom. The van der Waals surface area contributed by atoms with E-state index in [-0.39, 0.29) is 58.8 Å². The molecule has 1 unspecified atom stereocenters. The Hall–Kier alpha value is -4.03. The summed E-state index contributed by atoms with van der Waals surface area (Å²) in [6, 6.07) is 15.5. The number of hydrogen-bond donors (Lipinski definition) is 1. The number of nitrogens with one attached hydrogen (secondary N) is 1. The molecule has 0 saturated carbocycles. The molecule has 2 aromatic heterocycles. The van der Waals surface area contributed by atoms with Gasteiger partial charge in [0.05, 0.1) is 23.2 Å². The summed E-state index contributed by atoms with van der Waals surface area (Å²) in [5.74, 6) is 0.245. The average molecular weight is 652 g/mol. The van der Waals surface area contributed by atoms with Crippen LogP contribution in [-0.4, -0.2) is 52.2 Å². The van der Waals surface area contributed by atoms with Crippen LogP contribution in [0.4, 0.5) is 4.79 Å². The number of ether oxygens (including phenoxy) is 1. The van der Waals surface area contributed by atoms with E-state index in [1.54, 1.807) is 39.8 Å². The van der Waals surface area contributed by atoms with E-state index in [2.05, 4.69) is 31.2 Å². The summed E-state index contributed by atoms with van der Waals surface area (Å²) in [5, 5.41) is 6.93. The number of sulfonamides is 1. The maximum atomic E-state index is 14.5. The molecule has 4 rings (SSSR count). The van der Waals surface area contributed by atoms with Crippen molar-refractivity contribution in [2.75, 3.05) is 13.1 Å². The van der Waals surface area contributed by atoms with Crippen LogP contribution in [0.15, 0.2) is 68.8 Å². The van der Waals surface area contributed by atoms with E-state index in [1.807, 2.05) is 49.4 Å². The average Bonchev–Trinajstić information content (AvgIpc) is 3.35. The van der Waals surface area contributed by atoms with Crippen molar-refractivity contribution in [3.8, 4) is 0 Å². The molecule has 0 radical (unpaired) electrons. The van der Waals surface area contributed by atoms with Gasteiger partial charge >= 0.3 is 6.09 Å². The molecule has 2 heterocycles. The molecule has 12 heteroatoms. The second-order valence-corrected chi connectivity index (χ2v) is 15.3. The van der Waals surface area contributed by atoms with Gasteiger partial charge in [0.15, 0.2) is 0 Å². The zero-order valence-electron chi connectivity index (χ0n) is 28.0. The Kier molecular flexibility index (Phi) is 10.4. The highest BCUT2D eigenvalue weighted by molar-refractivity contribution is 7.89. The molecular formula is C34H45N5O6S. The molecule has 1 N–H and O–H groups in total. The lowest BCUT2D eigenvalue weighted by molar-refractivity contribution is 0.0526. The summed E-state index contributed by atoms with van der Waals surface area (Å²) in [5.41, 5.74) is 1.12. The summed E-state index contributed by atoms with van der Waals surface area (Å²) in [4.78, 5) is 31.1. The van der Waals surface area contributed by atoms with E-state index >= 15 is 0 Å². The fraction of sp³-hybridized carbons (Fsp3) is 0.471. The Morgan fingerprint density at radius 2 is 1.70 bits per heavy atom. The third-order valence-corrected chi connectivity index (χ3v) is 9.49. The van der Waals surface area contributed by atoms with Gasteiger partial charge in [0, 0.05) is 13.1 Å². The standard InChI is InChI=1S/C34H45N5O6S/c1-9-27(29-36-30-28(23(2)37-45-30)31(40)38(29)22-24-14-11-10-12-15-24)39(21-13-20-35-32(41)44-34(6,7)8)46(42,43)26-18-16-25(17-19-26)33(3,4)5/h10-12,14-19,27H,9,13,20-22H2,1-8H3,(H,35,41). The smallest absolute Gasteiger partial charge is 0.407 e. The second-order valence-electron chi connectivity index (χ2n) is 13.4. The highest BCUT2D eigenvalue weighted by Gasteiger charge is 2.35. The Labute approximate surface area is 271 Å². The summed E-state index contributed by atoms with van der Waals surface area (Å²) in [6.07, 6.45) is -0.00322. The molecule has 46 heavy (non-hydrogen) atoms. The molecule has 1 amide bonds. The topological polar surface area (TPSA) is 137 Å². The van der Waals surface area contributed by atoms with Gasteiger partial charge in [-0.05, 0) is 69.2 Å². The van der Waals surface area contributed by atoms with Crippen LogP contribution in [0.3, 0.4) is 0 Å². The van der Waals surface area contributed by atoms with Crippen LogP contribution in [0.25, 0.3) is 11.1 Å². The number of hydrogen-bond acceptors (Lipinski definition) is 8. The monoisotopic (exact) mass is 651 g/mol. The van der Waals surface area contributed by atoms with Gasteiger partial charge in [-0.15, -0.1) is 0 Å². The lowest BCUT2D eigenvalue weighted by Gasteiger charge is -2.31. The van der Waals surface area contributed by atoms with Gasteiger partial charge in [-0.25, -0.2) is 13.2 Å². The maximum absolute atomic E-state index is 14.5. The van der Waals surface area contributed by atoms with Crippen LogP contribution in [0.5, 0.6) is 0 Å². The summed E-state index contributed by atoms with van der Waals surface area (Å²) < 4.78 is 42.6. The van der Waals surface area contributed by atoms with Crippen molar-refractivity contribution >= 4 is 27.2 Å². The highest BCUT2D eigenvalue weighted by Crippen LogP contribution is 2.32. The molecule has 0 aliphatic carbocycles. The maximum Gasteiger partial charge on any atom is 0.407 e. The number of fused-ring (bicyclic) bond motifs is 1. The van der Waals surface area contributed by atoms with E-state index in [0.717, 1.165) is 11.1 Å². The zero-order chi connectivity index (χ0) is 33.9. The zero-order valence-corrected chi connectivity index (χ0v) is 28.8. The van der Waals surface area contributed by atoms with E-state index in [9.17, 15) is 18.0 Å². The normalized spacial score (nSPS) is 13.2. The largest absolute Gasteiger partial charge is 0.444 e. The summed E-state index contributed by atoms with van der Waals surface area (Å²) in [7, 11) is -4.12. The van der Waals surface area contributed by atoms with Gasteiger partial charge in [-0.1, -0.05) is 75.3 Å². The van der Waals surface area contributed by atoms with Gasteiger partial charge in [0.2, 0.25) is 10.0 Å². The lowest BCUT2D eigenvalue weighted by atomic mass is 9.87. The fourth-order valence-corrected chi connectivity index (χ4v) is 6.92. The van der Waals surface area contributed by atoms with Gasteiger partial charge in [-0.3, -0.25) is 9.36 Å². The Bertz CT molecular complexity index is 1820. The number of rotatable bonds is 11. The molecule has 0 aliphatic rings. The van der Waals surface area contributed by atoms with Gasteiger partial charge in [0.1, 0.15) is 16.8 Å². The van der Waals surface area contributed by atoms with Crippen molar-refractivity contribution in [3.63, 3.8) is 0 Å². The number of aromatic nitrogens is 3. The van der Waals surface area contributed by atoms with Crippen LogP contribution in [0.2, 0.25) is 0 Å². The Balaban J connectivity index is 1.80. The molecule has 248 valence electrons. The van der Waals surface area contributed by atoms with E-state index in [4.69, 9.17) is 14.2 Å². The van der Waals surface area contributed by atoms with Gasteiger partial charge in [0.25, 0.3) is 11.3 Å². The van der Waals surface area contributed by atoms with Crippen molar-refractivity contribution in [2.45, 2.75) is 96.7 Å². The molecule has 4 aromatic rings. The van der Waals surface area contributed by atoms with Crippen molar-refractivity contribution in [1.29, 1.82) is 0 Å². The minimum absolute atomic E-state index is 0.0341. The van der Waals surface area contributed by atoms with Crippen molar-refractivity contribution in [1.82, 2.24) is 24.3 Å². The second kappa shape index (κ2) is 13.8. The number of benzene rings is 2. The predicted octanol–water partition coefficient (Wildman–Crippen LogP) is 6.10. The molecule has 1 atom stereocenters. The van der Waals surface area contributed by atoms with E-state index in [0.29, 0.717) is 12.1 Å². The first-order valence-electron chi connectivity index (χ1n) is 15.5. The fourth-order valence-electron chi connectivity index (χ4n) is 5.22. The SMILES string of the molecule is CCC(c1nc2onc(C)c2c(=O)n1Cc1ccccc1)N(CCCNC(=O)OC(C)(C)C)S(=O)(=O)c1ccc(C(C)(C)C)cc1. The first-order valence-corrected chi connectivity index (χ1v) is 17.0. The third-order valence-electron chi connectivity index (χ3n) is 7.56. The van der Waals surface area contributed by atoms with Crippen LogP contribution < -0.4 is 10.9 Å². The summed E-state index contributed by atoms with van der Waals surface area (Å²) in [6.45, 7) is 15.4. The number of carbonyl (C=O) groups excluding carboxylic acids is 1. The molecule has 0 saturated heterocycles. The molecule has 0 bridgehead atoms. The minimum atomic E-state index is -4.12. The number of carbonyl (C=O) groups is 1. The van der Waals surface area contributed by atoms with E-state index < -0.39 is 27.8 Å². The molecule has 0 spiro atoms. The molecule has 0 fully saturated rings. The Morgan fingerprint density at radius 1 is 1.04 bits per heavy atom. The van der Waals surface area contributed by atoms with Gasteiger partial charge < -0.3 is 14.6 Å². The number of nitrogens with zero attached hydrogens (tertiary/aromatic N) is 4. The molecule has 11 nitrogen and oxygen atoms in total. The first kappa shape index (κ1) is 34.8. The molecule has 2 aromatic carbocycles. The quantitative estimate of drug-likeness (QED) is 0.192. The number of aryl methyl sites for hydroxylation is 1. The van der Waals surface area contributed by atoms with Crippen LogP contribution in [-0.2, 0) is 26.7 Å². The van der Waals surface area contributed by atoms with Crippen LogP contribution in [0.1, 0.15) is 90.0 Å². The molecular weight excluding hydrogens is 606 g/mol. The van der Waals surface area contributed by atoms with Crippen molar-refractivity contribution < 1.29 is 22.5 Å². The van der Waals surface area contributed by atoms with Crippen molar-refractivity contribution in [2.24, 2.45) is 0 Å². The van der Waals surface area contributed by atoms with Crippen LogP contribution >= 0.6 is 0 Å². The number of amides is 1. The highest BCUT2D eigenvalue weighted by atomic mass is 32.2. The lowest BCUT2D eigenvalue weighted by Crippen LogP contribution is -2.40. The van der Waals surface area contributed by atoms with Gasteiger partial charge in [-0.2, -0.15) is 9.29 Å². The minimum Gasteiger partial charge on any atom is -0.444 e. The first-order chi connectivity index (χ1) is 21.5.